The number of amides is 1. The number of nitrogens with zero attached hydrogens (tertiary/aromatic N) is 4. The van der Waals surface area contributed by atoms with Crippen LogP contribution in [0.5, 0.6) is 5.75 Å². The lowest BCUT2D eigenvalue weighted by Crippen LogP contribution is -2.61. The first-order chi connectivity index (χ1) is 22.9. The number of carboxylic acid groups (broad SMARTS) is 2. The Morgan fingerprint density at radius 1 is 1.02 bits per heavy atom. The van der Waals surface area contributed by atoms with Crippen molar-refractivity contribution in [3.63, 3.8) is 0 Å². The van der Waals surface area contributed by atoms with Crippen molar-refractivity contribution >= 4 is 23.7 Å². The highest BCUT2D eigenvalue weighted by atomic mass is 19.4. The molecule has 3 heterocycles. The van der Waals surface area contributed by atoms with E-state index in [9.17, 15) is 50.9 Å². The van der Waals surface area contributed by atoms with Crippen LogP contribution < -0.4 is 15.4 Å². The molecule has 4 N–H and O–H groups in total. The third kappa shape index (κ3) is 8.36. The molecule has 1 aliphatic heterocycles. The van der Waals surface area contributed by atoms with Gasteiger partial charge in [-0.05, 0) is 62.1 Å². The van der Waals surface area contributed by atoms with Crippen molar-refractivity contribution in [2.24, 2.45) is 5.73 Å². The van der Waals surface area contributed by atoms with Gasteiger partial charge in [-0.2, -0.15) is 26.3 Å². The molecular formula is C31H31F6N5O7. The lowest BCUT2D eigenvalue weighted by Gasteiger charge is -2.45. The van der Waals surface area contributed by atoms with Gasteiger partial charge in [-0.25, -0.2) is 24.5 Å². The Kier molecular flexibility index (Phi) is 10.7. The minimum Gasteiger partial charge on any atom is -0.490 e. The van der Waals surface area contributed by atoms with E-state index in [1.165, 1.54) is 6.07 Å². The van der Waals surface area contributed by atoms with Gasteiger partial charge in [-0.1, -0.05) is 6.92 Å². The molecule has 0 fully saturated rings. The number of nitrogens with two attached hydrogens (primary N) is 1. The number of alkyl halides is 6. The quantitative estimate of drug-likeness (QED) is 0.121. The highest BCUT2D eigenvalue weighted by Gasteiger charge is 2.47. The molecule has 264 valence electrons. The van der Waals surface area contributed by atoms with Crippen LogP contribution in [-0.2, 0) is 28.3 Å². The zero-order chi connectivity index (χ0) is 36.3. The van der Waals surface area contributed by atoms with Crippen LogP contribution in [0.25, 0.3) is 0 Å². The number of pyridine rings is 1. The van der Waals surface area contributed by atoms with Crippen molar-refractivity contribution in [3.05, 3.63) is 76.1 Å². The van der Waals surface area contributed by atoms with Gasteiger partial charge in [0, 0.05) is 12.8 Å². The molecule has 18 heteroatoms. The second kappa shape index (κ2) is 14.2. The SMILES string of the molecule is CCOC(=O)CCCOc1cnc([C@H]2C[C@@](N)(CC)N(C(=O)O)c3ccc(C(=O)O)nc32)nc1Cc1cc(C(F)(F)F)cc(C(F)(F)F)c1. The van der Waals surface area contributed by atoms with Crippen molar-refractivity contribution in [1.82, 2.24) is 15.0 Å². The summed E-state index contributed by atoms with van der Waals surface area (Å²) >= 11 is 0. The highest BCUT2D eigenvalue weighted by molar-refractivity contribution is 5.91. The van der Waals surface area contributed by atoms with Crippen LogP contribution in [0.15, 0.2) is 36.5 Å². The molecule has 1 aromatic carbocycles. The number of aromatic nitrogens is 3. The summed E-state index contributed by atoms with van der Waals surface area (Å²) in [6.45, 7) is 3.25. The molecule has 4 rings (SSSR count). The number of fused-ring (bicyclic) bond motifs is 1. The van der Waals surface area contributed by atoms with E-state index in [0.717, 1.165) is 17.2 Å². The average molecular weight is 700 g/mol. The zero-order valence-corrected chi connectivity index (χ0v) is 26.1. The van der Waals surface area contributed by atoms with Crippen molar-refractivity contribution in [2.75, 3.05) is 18.1 Å². The first-order valence-electron chi connectivity index (χ1n) is 14.9. The predicted molar refractivity (Wildman–Crippen MR) is 158 cm³/mol. The number of carbonyl (C=O) groups is 3. The van der Waals surface area contributed by atoms with E-state index in [-0.39, 0.29) is 73.6 Å². The van der Waals surface area contributed by atoms with Gasteiger partial charge in [-0.15, -0.1) is 0 Å². The van der Waals surface area contributed by atoms with Crippen molar-refractivity contribution < 1.29 is 60.4 Å². The summed E-state index contributed by atoms with van der Waals surface area (Å²) in [5.41, 5.74) is 0.733. The number of rotatable bonds is 11. The van der Waals surface area contributed by atoms with Crippen LogP contribution in [0, 0.1) is 0 Å². The lowest BCUT2D eigenvalue weighted by atomic mass is 9.83. The predicted octanol–water partition coefficient (Wildman–Crippen LogP) is 6.01. The van der Waals surface area contributed by atoms with E-state index in [1.54, 1.807) is 13.8 Å². The van der Waals surface area contributed by atoms with Gasteiger partial charge in [0.1, 0.15) is 17.2 Å². The molecule has 0 saturated carbocycles. The molecule has 1 amide bonds. The van der Waals surface area contributed by atoms with E-state index in [4.69, 9.17) is 15.2 Å². The topological polar surface area (TPSA) is 178 Å². The van der Waals surface area contributed by atoms with Crippen LogP contribution in [0.2, 0.25) is 0 Å². The number of carboxylic acids is 1. The molecule has 0 bridgehead atoms. The fourth-order valence-electron chi connectivity index (χ4n) is 5.41. The Labute approximate surface area is 274 Å². The van der Waals surface area contributed by atoms with Crippen LogP contribution >= 0.6 is 0 Å². The molecule has 1 aliphatic rings. The number of carbonyl (C=O) groups excluding carboxylic acids is 1. The van der Waals surface area contributed by atoms with Crippen LogP contribution in [-0.4, -0.2) is 62.1 Å². The van der Waals surface area contributed by atoms with Crippen molar-refractivity contribution in [3.8, 4) is 5.75 Å². The largest absolute Gasteiger partial charge is 0.490 e. The fourth-order valence-corrected chi connectivity index (χ4v) is 5.41. The Balaban J connectivity index is 1.85. The van der Waals surface area contributed by atoms with Crippen LogP contribution in [0.1, 0.15) is 89.8 Å². The molecule has 0 spiro atoms. The number of aromatic carboxylic acids is 1. The molecule has 3 aromatic rings. The first-order valence-corrected chi connectivity index (χ1v) is 14.9. The monoisotopic (exact) mass is 699 g/mol. The smallest absolute Gasteiger partial charge is 0.416 e. The van der Waals surface area contributed by atoms with Crippen molar-refractivity contribution in [2.45, 2.75) is 69.9 Å². The highest BCUT2D eigenvalue weighted by Crippen LogP contribution is 2.45. The van der Waals surface area contributed by atoms with Gasteiger partial charge in [0.05, 0.1) is 53.5 Å². The molecule has 2 aromatic heterocycles. The number of benzene rings is 1. The van der Waals surface area contributed by atoms with E-state index in [2.05, 4.69) is 15.0 Å². The third-order valence-corrected chi connectivity index (χ3v) is 7.77. The molecule has 0 unspecified atom stereocenters. The van der Waals surface area contributed by atoms with E-state index >= 15 is 0 Å². The second-order valence-electron chi connectivity index (χ2n) is 11.1. The van der Waals surface area contributed by atoms with Gasteiger partial charge in [-0.3, -0.25) is 9.69 Å². The molecule has 12 nitrogen and oxygen atoms in total. The molecule has 2 atom stereocenters. The number of anilines is 1. The van der Waals surface area contributed by atoms with Gasteiger partial charge < -0.3 is 25.4 Å². The summed E-state index contributed by atoms with van der Waals surface area (Å²) in [6, 6.07) is 3.38. The minimum absolute atomic E-state index is 0.00779. The maximum absolute atomic E-state index is 13.6. The summed E-state index contributed by atoms with van der Waals surface area (Å²) < 4.78 is 92.5. The molecule has 0 saturated heterocycles. The molecule has 0 radical (unpaired) electrons. The molecular weight excluding hydrogens is 668 g/mol. The van der Waals surface area contributed by atoms with Gasteiger partial charge >= 0.3 is 30.4 Å². The Morgan fingerprint density at radius 3 is 2.22 bits per heavy atom. The summed E-state index contributed by atoms with van der Waals surface area (Å²) in [5.74, 6) is -3.26. The summed E-state index contributed by atoms with van der Waals surface area (Å²) in [6.07, 6.45) is -11.2. The van der Waals surface area contributed by atoms with E-state index < -0.39 is 70.8 Å². The molecule has 49 heavy (non-hydrogen) atoms. The number of hydrogen-bond acceptors (Lipinski definition) is 9. The van der Waals surface area contributed by atoms with Crippen LogP contribution in [0.3, 0.4) is 0 Å². The van der Waals surface area contributed by atoms with Gasteiger partial charge in [0.2, 0.25) is 0 Å². The van der Waals surface area contributed by atoms with Crippen LogP contribution in [0.4, 0.5) is 36.8 Å². The number of ether oxygens (including phenoxy) is 2. The number of hydrogen-bond donors (Lipinski definition) is 3. The standard InChI is InChI=1S/C31H31F6N5O7/c1-3-29(38)14-19(25-22(42(29)28(46)47)8-7-20(40-25)27(44)45)26-39-15-23(49-9-5-6-24(43)48-4-2)21(41-26)12-16-10-17(30(32,33)34)13-18(11-16)31(35,36)37/h7-8,10-11,13,15,19H,3-6,9,12,14,38H2,1-2H3,(H,44,45)(H,46,47)/t19-,29+/m0/s1. The van der Waals surface area contributed by atoms with Crippen molar-refractivity contribution in [1.29, 1.82) is 0 Å². The lowest BCUT2D eigenvalue weighted by molar-refractivity contribution is -0.144. The van der Waals surface area contributed by atoms with E-state index in [1.807, 2.05) is 0 Å². The summed E-state index contributed by atoms with van der Waals surface area (Å²) in [4.78, 5) is 49.6. The Hall–Kier alpha value is -5.00. The molecule has 0 aliphatic carbocycles. The Bertz CT molecular complexity index is 1700. The van der Waals surface area contributed by atoms with Gasteiger partial charge in [0.15, 0.2) is 5.75 Å². The minimum atomic E-state index is -5.11. The second-order valence-corrected chi connectivity index (χ2v) is 11.1. The van der Waals surface area contributed by atoms with Gasteiger partial charge in [0.25, 0.3) is 0 Å². The normalized spacial score (nSPS) is 17.7. The summed E-state index contributed by atoms with van der Waals surface area (Å²) in [7, 11) is 0. The maximum atomic E-state index is 13.6. The zero-order valence-electron chi connectivity index (χ0n) is 26.1. The Morgan fingerprint density at radius 2 is 1.67 bits per heavy atom. The third-order valence-electron chi connectivity index (χ3n) is 7.77. The maximum Gasteiger partial charge on any atom is 0.416 e. The summed E-state index contributed by atoms with van der Waals surface area (Å²) in [5, 5.41) is 19.6. The first kappa shape index (κ1) is 36.8. The number of esters is 1. The fraction of sp³-hybridized carbons (Fsp3) is 0.419. The average Bonchev–Trinajstić information content (AvgIpc) is 3.02. The number of halogens is 6. The van der Waals surface area contributed by atoms with E-state index in [0.29, 0.717) is 12.1 Å².